The van der Waals surface area contributed by atoms with Crippen molar-refractivity contribution in [2.75, 3.05) is 13.1 Å². The number of nitrogens with zero attached hydrogens (tertiary/aromatic N) is 1. The molecule has 0 aromatic heterocycles. The van der Waals surface area contributed by atoms with Gasteiger partial charge in [-0.25, -0.2) is 13.1 Å². The number of nitrogens with one attached hydrogen (secondary N) is 2. The van der Waals surface area contributed by atoms with E-state index in [4.69, 9.17) is 5.26 Å². The molecular weight excluding hydrogens is 262 g/mol. The van der Waals surface area contributed by atoms with E-state index in [1.807, 2.05) is 6.07 Å². The van der Waals surface area contributed by atoms with Gasteiger partial charge in [-0.2, -0.15) is 5.26 Å². The van der Waals surface area contributed by atoms with Crippen LogP contribution >= 0.6 is 0 Å². The molecule has 1 aliphatic heterocycles. The van der Waals surface area contributed by atoms with Crippen LogP contribution in [0.4, 0.5) is 0 Å². The summed E-state index contributed by atoms with van der Waals surface area (Å²) in [4.78, 5) is 0.0494. The predicted octanol–water partition coefficient (Wildman–Crippen LogP) is 0.979. The lowest BCUT2D eigenvalue weighted by Crippen LogP contribution is -2.43. The van der Waals surface area contributed by atoms with Crippen molar-refractivity contribution < 1.29 is 8.42 Å². The van der Waals surface area contributed by atoms with Crippen LogP contribution < -0.4 is 10.0 Å². The molecule has 1 aliphatic rings. The Labute approximate surface area is 113 Å². The predicted molar refractivity (Wildman–Crippen MR) is 72.0 cm³/mol. The normalized spacial score (nSPS) is 19.8. The molecule has 1 fully saturated rings. The monoisotopic (exact) mass is 279 g/mol. The lowest BCUT2D eigenvalue weighted by atomic mass is 10.1. The van der Waals surface area contributed by atoms with E-state index < -0.39 is 10.0 Å². The van der Waals surface area contributed by atoms with Crippen LogP contribution in [0.15, 0.2) is 29.2 Å². The molecule has 1 saturated heterocycles. The highest BCUT2D eigenvalue weighted by atomic mass is 32.2. The maximum absolute atomic E-state index is 12.2. The van der Waals surface area contributed by atoms with E-state index in [1.165, 1.54) is 12.1 Å². The van der Waals surface area contributed by atoms with Gasteiger partial charge in [-0.15, -0.1) is 0 Å². The maximum atomic E-state index is 12.2. The SMILES string of the molecule is N#Cc1ccccc1S(=O)(=O)NCC1CCCCN1. The Morgan fingerprint density at radius 2 is 2.16 bits per heavy atom. The molecule has 0 aliphatic carbocycles. The van der Waals surface area contributed by atoms with E-state index in [0.717, 1.165) is 25.8 Å². The Kier molecular flexibility index (Phi) is 4.53. The number of rotatable bonds is 4. The van der Waals surface area contributed by atoms with E-state index in [9.17, 15) is 8.42 Å². The van der Waals surface area contributed by atoms with Gasteiger partial charge in [-0.3, -0.25) is 0 Å². The number of nitriles is 1. The quantitative estimate of drug-likeness (QED) is 0.860. The molecule has 19 heavy (non-hydrogen) atoms. The number of piperidine rings is 1. The van der Waals surface area contributed by atoms with Crippen molar-refractivity contribution in [3.63, 3.8) is 0 Å². The van der Waals surface area contributed by atoms with Gasteiger partial charge in [-0.05, 0) is 31.5 Å². The molecule has 6 heteroatoms. The molecular formula is C13H17N3O2S. The number of sulfonamides is 1. The molecule has 2 rings (SSSR count). The highest BCUT2D eigenvalue weighted by Crippen LogP contribution is 2.14. The molecule has 1 aromatic rings. The van der Waals surface area contributed by atoms with Gasteiger partial charge in [0.1, 0.15) is 6.07 Å². The van der Waals surface area contributed by atoms with E-state index in [-0.39, 0.29) is 16.5 Å². The molecule has 0 spiro atoms. The van der Waals surface area contributed by atoms with E-state index in [1.54, 1.807) is 12.1 Å². The fourth-order valence-electron chi connectivity index (χ4n) is 2.18. The first-order chi connectivity index (χ1) is 9.13. The third-order valence-corrected chi connectivity index (χ3v) is 4.71. The first-order valence-electron chi connectivity index (χ1n) is 6.35. The summed E-state index contributed by atoms with van der Waals surface area (Å²) < 4.78 is 26.9. The average Bonchev–Trinajstić information content (AvgIpc) is 2.46. The molecule has 1 heterocycles. The van der Waals surface area contributed by atoms with Gasteiger partial charge in [0.25, 0.3) is 0 Å². The van der Waals surface area contributed by atoms with Crippen LogP contribution in [-0.2, 0) is 10.0 Å². The third kappa shape index (κ3) is 3.53. The van der Waals surface area contributed by atoms with Crippen LogP contribution in [0.5, 0.6) is 0 Å². The number of hydrogen-bond acceptors (Lipinski definition) is 4. The van der Waals surface area contributed by atoms with E-state index >= 15 is 0 Å². The summed E-state index contributed by atoms with van der Waals surface area (Å²) in [5, 5.41) is 12.2. The minimum absolute atomic E-state index is 0.0494. The van der Waals surface area contributed by atoms with Gasteiger partial charge in [0, 0.05) is 12.6 Å². The van der Waals surface area contributed by atoms with Gasteiger partial charge in [-0.1, -0.05) is 18.6 Å². The Hall–Kier alpha value is -1.42. The zero-order chi connectivity index (χ0) is 13.7. The van der Waals surface area contributed by atoms with E-state index in [2.05, 4.69) is 10.0 Å². The number of hydrogen-bond donors (Lipinski definition) is 2. The zero-order valence-electron chi connectivity index (χ0n) is 10.6. The van der Waals surface area contributed by atoms with Crippen molar-refractivity contribution in [3.05, 3.63) is 29.8 Å². The molecule has 5 nitrogen and oxygen atoms in total. The van der Waals surface area contributed by atoms with E-state index in [0.29, 0.717) is 6.54 Å². The molecule has 1 atom stereocenters. The van der Waals surface area contributed by atoms with Crippen LogP contribution in [0.3, 0.4) is 0 Å². The second-order valence-corrected chi connectivity index (χ2v) is 6.34. The van der Waals surface area contributed by atoms with Crippen LogP contribution in [0, 0.1) is 11.3 Å². The first-order valence-corrected chi connectivity index (χ1v) is 7.84. The van der Waals surface area contributed by atoms with Crippen LogP contribution in [0.1, 0.15) is 24.8 Å². The standard InChI is InChI=1S/C13H17N3O2S/c14-9-11-5-1-2-7-13(11)19(17,18)16-10-12-6-3-4-8-15-12/h1-2,5,7,12,15-16H,3-4,6,8,10H2. The average molecular weight is 279 g/mol. The lowest BCUT2D eigenvalue weighted by Gasteiger charge is -2.23. The second-order valence-electron chi connectivity index (χ2n) is 4.61. The van der Waals surface area contributed by atoms with Crippen molar-refractivity contribution in [2.24, 2.45) is 0 Å². The molecule has 1 unspecified atom stereocenters. The van der Waals surface area contributed by atoms with Gasteiger partial charge >= 0.3 is 0 Å². The van der Waals surface area contributed by atoms with Crippen molar-refractivity contribution in [1.82, 2.24) is 10.0 Å². The molecule has 102 valence electrons. The molecule has 0 saturated carbocycles. The van der Waals surface area contributed by atoms with Gasteiger partial charge in [0.2, 0.25) is 10.0 Å². The van der Waals surface area contributed by atoms with Gasteiger partial charge < -0.3 is 5.32 Å². The lowest BCUT2D eigenvalue weighted by molar-refractivity contribution is 0.398. The van der Waals surface area contributed by atoms with Crippen molar-refractivity contribution in [1.29, 1.82) is 5.26 Å². The van der Waals surface area contributed by atoms with Crippen molar-refractivity contribution in [2.45, 2.75) is 30.2 Å². The van der Waals surface area contributed by atoms with Crippen LogP contribution in [0.25, 0.3) is 0 Å². The van der Waals surface area contributed by atoms with Gasteiger partial charge in [0.15, 0.2) is 0 Å². The molecule has 0 amide bonds. The van der Waals surface area contributed by atoms with Crippen molar-refractivity contribution >= 4 is 10.0 Å². The molecule has 2 N–H and O–H groups in total. The summed E-state index contributed by atoms with van der Waals surface area (Å²) in [7, 11) is -3.61. The fourth-order valence-corrected chi connectivity index (χ4v) is 3.42. The fraction of sp³-hybridized carbons (Fsp3) is 0.462. The topological polar surface area (TPSA) is 82.0 Å². The van der Waals surface area contributed by atoms with Crippen molar-refractivity contribution in [3.8, 4) is 6.07 Å². The Morgan fingerprint density at radius 3 is 2.84 bits per heavy atom. The highest BCUT2D eigenvalue weighted by molar-refractivity contribution is 7.89. The number of benzene rings is 1. The second kappa shape index (κ2) is 6.15. The molecule has 1 aromatic carbocycles. The minimum atomic E-state index is -3.61. The summed E-state index contributed by atoms with van der Waals surface area (Å²) in [6.45, 7) is 1.29. The van der Waals surface area contributed by atoms with Crippen LogP contribution in [-0.4, -0.2) is 27.5 Å². The Balaban J connectivity index is 2.07. The Bertz CT molecular complexity index is 572. The zero-order valence-corrected chi connectivity index (χ0v) is 11.4. The molecule has 0 radical (unpaired) electrons. The van der Waals surface area contributed by atoms with Crippen LogP contribution in [0.2, 0.25) is 0 Å². The highest BCUT2D eigenvalue weighted by Gasteiger charge is 2.20. The maximum Gasteiger partial charge on any atom is 0.241 e. The van der Waals surface area contributed by atoms with Gasteiger partial charge in [0.05, 0.1) is 10.5 Å². The molecule has 0 bridgehead atoms. The summed E-state index contributed by atoms with van der Waals surface area (Å²) >= 11 is 0. The summed E-state index contributed by atoms with van der Waals surface area (Å²) in [6.07, 6.45) is 3.23. The largest absolute Gasteiger partial charge is 0.313 e. The minimum Gasteiger partial charge on any atom is -0.313 e. The summed E-state index contributed by atoms with van der Waals surface area (Å²) in [5.41, 5.74) is 0.173. The third-order valence-electron chi connectivity index (χ3n) is 3.23. The summed E-state index contributed by atoms with van der Waals surface area (Å²) in [6, 6.07) is 8.32. The Morgan fingerprint density at radius 1 is 1.37 bits per heavy atom. The smallest absolute Gasteiger partial charge is 0.241 e. The first kappa shape index (κ1) is 14.0. The summed E-state index contributed by atoms with van der Waals surface area (Å²) in [5.74, 6) is 0.